The van der Waals surface area contributed by atoms with Crippen molar-refractivity contribution < 1.29 is 18.3 Å². The molecule has 124 valence electrons. The van der Waals surface area contributed by atoms with Crippen LogP contribution in [-0.4, -0.2) is 27.3 Å². The number of ether oxygens (including phenoxy) is 1. The Morgan fingerprint density at radius 1 is 1.30 bits per heavy atom. The minimum Gasteiger partial charge on any atom is -0.435 e. The number of nitrogens with one attached hydrogen (secondary N) is 1. The maximum absolute atomic E-state index is 12.3. The number of aromatic nitrogens is 3. The Bertz CT molecular complexity index is 673. The summed E-state index contributed by atoms with van der Waals surface area (Å²) in [6.07, 6.45) is 1.60. The summed E-state index contributed by atoms with van der Waals surface area (Å²) in [6, 6.07) is 5.40. The van der Waals surface area contributed by atoms with Gasteiger partial charge in [0.1, 0.15) is 12.1 Å². The summed E-state index contributed by atoms with van der Waals surface area (Å²) in [5, 5.41) is 10.6. The van der Waals surface area contributed by atoms with E-state index in [1.165, 1.54) is 24.3 Å². The first-order valence-electron chi connectivity index (χ1n) is 7.13. The minimum absolute atomic E-state index is 0.0642. The molecule has 6 nitrogen and oxygen atoms in total. The number of rotatable bonds is 6. The van der Waals surface area contributed by atoms with Crippen molar-refractivity contribution in [2.45, 2.75) is 39.5 Å². The molecule has 0 aliphatic rings. The summed E-state index contributed by atoms with van der Waals surface area (Å²) in [5.41, 5.74) is 0.227. The van der Waals surface area contributed by atoms with Crippen LogP contribution in [0.15, 0.2) is 30.6 Å². The van der Waals surface area contributed by atoms with Gasteiger partial charge in [0.15, 0.2) is 5.82 Å². The highest BCUT2D eigenvalue weighted by atomic mass is 19.3. The van der Waals surface area contributed by atoms with Crippen molar-refractivity contribution in [3.8, 4) is 5.75 Å². The second-order valence-electron chi connectivity index (χ2n) is 5.29. The lowest BCUT2D eigenvalue weighted by Gasteiger charge is -2.17. The molecule has 0 bridgehead atoms. The fourth-order valence-corrected chi connectivity index (χ4v) is 2.12. The van der Waals surface area contributed by atoms with Crippen LogP contribution in [-0.2, 0) is 0 Å². The Labute approximate surface area is 132 Å². The van der Waals surface area contributed by atoms with E-state index in [4.69, 9.17) is 0 Å². The van der Waals surface area contributed by atoms with E-state index in [9.17, 15) is 13.6 Å². The van der Waals surface area contributed by atoms with E-state index < -0.39 is 12.5 Å². The Balaban J connectivity index is 2.11. The van der Waals surface area contributed by atoms with E-state index in [2.05, 4.69) is 20.3 Å². The maximum atomic E-state index is 12.3. The van der Waals surface area contributed by atoms with Gasteiger partial charge in [-0.05, 0) is 39.0 Å². The zero-order valence-electron chi connectivity index (χ0n) is 13.0. The van der Waals surface area contributed by atoms with Crippen LogP contribution in [0.4, 0.5) is 8.78 Å². The number of halogens is 2. The van der Waals surface area contributed by atoms with Crippen molar-refractivity contribution in [2.24, 2.45) is 0 Å². The molecule has 0 radical (unpaired) electrons. The van der Waals surface area contributed by atoms with Crippen molar-refractivity contribution in [1.29, 1.82) is 0 Å². The molecular formula is C15H18F2N4O2. The van der Waals surface area contributed by atoms with E-state index in [1.54, 1.807) is 13.3 Å². The molecule has 1 amide bonds. The molecule has 0 saturated heterocycles. The largest absolute Gasteiger partial charge is 0.435 e. The minimum atomic E-state index is -2.93. The SMILES string of the molecule is CC(C)n1cnnc1[C@H](C)NC(=O)c1cccc(OC(F)F)c1. The lowest BCUT2D eigenvalue weighted by atomic mass is 10.2. The number of hydrogen-bond acceptors (Lipinski definition) is 4. The number of benzene rings is 1. The van der Waals surface area contributed by atoms with E-state index in [0.717, 1.165) is 0 Å². The first-order chi connectivity index (χ1) is 10.9. The van der Waals surface area contributed by atoms with Gasteiger partial charge in [-0.3, -0.25) is 4.79 Å². The molecule has 0 aliphatic carbocycles. The highest BCUT2D eigenvalue weighted by Crippen LogP contribution is 2.18. The van der Waals surface area contributed by atoms with Crippen molar-refractivity contribution >= 4 is 5.91 Å². The van der Waals surface area contributed by atoms with Gasteiger partial charge in [0.05, 0.1) is 6.04 Å². The molecule has 2 rings (SSSR count). The maximum Gasteiger partial charge on any atom is 0.387 e. The van der Waals surface area contributed by atoms with Gasteiger partial charge in [-0.15, -0.1) is 10.2 Å². The Kier molecular flexibility index (Phi) is 5.25. The monoisotopic (exact) mass is 324 g/mol. The first kappa shape index (κ1) is 16.9. The van der Waals surface area contributed by atoms with Gasteiger partial charge in [0, 0.05) is 11.6 Å². The predicted octanol–water partition coefficient (Wildman–Crippen LogP) is 2.95. The lowest BCUT2D eigenvalue weighted by molar-refractivity contribution is -0.0498. The second-order valence-corrected chi connectivity index (χ2v) is 5.29. The summed E-state index contributed by atoms with van der Waals surface area (Å²) in [6.45, 7) is 2.80. The molecule has 0 aliphatic heterocycles. The molecule has 0 fully saturated rings. The Morgan fingerprint density at radius 2 is 2.04 bits per heavy atom. The number of nitrogens with zero attached hydrogens (tertiary/aromatic N) is 3. The second kappa shape index (κ2) is 7.17. The van der Waals surface area contributed by atoms with Crippen molar-refractivity contribution in [1.82, 2.24) is 20.1 Å². The number of hydrogen-bond donors (Lipinski definition) is 1. The van der Waals surface area contributed by atoms with Crippen LogP contribution in [0.3, 0.4) is 0 Å². The zero-order chi connectivity index (χ0) is 17.0. The van der Waals surface area contributed by atoms with Crippen LogP contribution in [0.25, 0.3) is 0 Å². The fourth-order valence-electron chi connectivity index (χ4n) is 2.12. The first-order valence-corrected chi connectivity index (χ1v) is 7.13. The van der Waals surface area contributed by atoms with Gasteiger partial charge in [0.25, 0.3) is 5.91 Å². The molecule has 1 atom stereocenters. The number of alkyl halides is 2. The third-order valence-electron chi connectivity index (χ3n) is 3.21. The van der Waals surface area contributed by atoms with Crippen LogP contribution >= 0.6 is 0 Å². The number of carbonyl (C=O) groups is 1. The molecular weight excluding hydrogens is 306 g/mol. The normalized spacial score (nSPS) is 12.5. The third kappa shape index (κ3) is 4.24. The molecule has 0 spiro atoms. The summed E-state index contributed by atoms with van der Waals surface area (Å²) in [4.78, 5) is 12.3. The third-order valence-corrected chi connectivity index (χ3v) is 3.21. The van der Waals surface area contributed by atoms with Gasteiger partial charge in [-0.25, -0.2) is 0 Å². The Hall–Kier alpha value is -2.51. The van der Waals surface area contributed by atoms with Crippen LogP contribution in [0.1, 0.15) is 49.0 Å². The van der Waals surface area contributed by atoms with Gasteiger partial charge < -0.3 is 14.6 Å². The van der Waals surface area contributed by atoms with E-state index in [0.29, 0.717) is 5.82 Å². The van der Waals surface area contributed by atoms with Crippen LogP contribution in [0.2, 0.25) is 0 Å². The van der Waals surface area contributed by atoms with E-state index >= 15 is 0 Å². The van der Waals surface area contributed by atoms with Crippen LogP contribution in [0.5, 0.6) is 5.75 Å². The molecule has 1 aromatic heterocycles. The molecule has 8 heteroatoms. The van der Waals surface area contributed by atoms with Gasteiger partial charge >= 0.3 is 6.61 Å². The van der Waals surface area contributed by atoms with Crippen molar-refractivity contribution in [3.05, 3.63) is 42.0 Å². The van der Waals surface area contributed by atoms with Gasteiger partial charge in [0.2, 0.25) is 0 Å². The Morgan fingerprint density at radius 3 is 2.70 bits per heavy atom. The summed E-state index contributed by atoms with van der Waals surface area (Å²) in [7, 11) is 0. The quantitative estimate of drug-likeness (QED) is 0.887. The molecule has 2 aromatic rings. The van der Waals surface area contributed by atoms with Crippen molar-refractivity contribution in [3.63, 3.8) is 0 Å². The van der Waals surface area contributed by atoms with E-state index in [1.807, 2.05) is 18.4 Å². The number of carbonyl (C=O) groups excluding carboxylic acids is 1. The van der Waals surface area contributed by atoms with E-state index in [-0.39, 0.29) is 23.4 Å². The molecule has 0 saturated carbocycles. The summed E-state index contributed by atoms with van der Waals surface area (Å²) >= 11 is 0. The van der Waals surface area contributed by atoms with Crippen LogP contribution < -0.4 is 10.1 Å². The topological polar surface area (TPSA) is 69.0 Å². The van der Waals surface area contributed by atoms with Gasteiger partial charge in [-0.2, -0.15) is 8.78 Å². The van der Waals surface area contributed by atoms with Gasteiger partial charge in [-0.1, -0.05) is 6.07 Å². The highest BCUT2D eigenvalue weighted by Gasteiger charge is 2.18. The molecule has 1 heterocycles. The molecule has 1 N–H and O–H groups in total. The fraction of sp³-hybridized carbons (Fsp3) is 0.400. The summed E-state index contributed by atoms with van der Waals surface area (Å²) < 4.78 is 30.6. The lowest BCUT2D eigenvalue weighted by Crippen LogP contribution is -2.29. The zero-order valence-corrected chi connectivity index (χ0v) is 13.0. The smallest absolute Gasteiger partial charge is 0.387 e. The number of amides is 1. The standard InChI is InChI=1S/C15H18F2N4O2/c1-9(2)21-8-18-20-13(21)10(3)19-14(22)11-5-4-6-12(7-11)23-15(16)17/h4-10,15H,1-3H3,(H,19,22)/t10-/m0/s1. The highest BCUT2D eigenvalue weighted by molar-refractivity contribution is 5.94. The molecule has 1 aromatic carbocycles. The van der Waals surface area contributed by atoms with Crippen molar-refractivity contribution in [2.75, 3.05) is 0 Å². The predicted molar refractivity (Wildman–Crippen MR) is 79.4 cm³/mol. The average Bonchev–Trinajstić information content (AvgIpc) is 2.96. The van der Waals surface area contributed by atoms with Crippen LogP contribution in [0, 0.1) is 0 Å². The average molecular weight is 324 g/mol. The molecule has 0 unspecified atom stereocenters. The molecule has 23 heavy (non-hydrogen) atoms. The summed E-state index contributed by atoms with van der Waals surface area (Å²) in [5.74, 6) is 0.148.